The molecule has 0 atom stereocenters. The minimum atomic E-state index is -0.123. The minimum absolute atomic E-state index is 0.123. The topological polar surface area (TPSA) is 17.1 Å². The van der Waals surface area contributed by atoms with E-state index in [0.717, 1.165) is 27.8 Å². The number of carbonyl (C=O) groups is 1. The third kappa shape index (κ3) is 2.51. The van der Waals surface area contributed by atoms with E-state index in [4.69, 9.17) is 0 Å². The summed E-state index contributed by atoms with van der Waals surface area (Å²) in [5.74, 6) is 0.0607. The molecule has 0 spiro atoms. The molecule has 110 valence electrons. The van der Waals surface area contributed by atoms with Gasteiger partial charge < -0.3 is 0 Å². The Balaban J connectivity index is 1.75. The van der Waals surface area contributed by atoms with Crippen molar-refractivity contribution in [3.05, 3.63) is 108 Å². The van der Waals surface area contributed by atoms with Gasteiger partial charge in [-0.3, -0.25) is 4.79 Å². The third-order valence-electron chi connectivity index (χ3n) is 4.27. The van der Waals surface area contributed by atoms with E-state index in [-0.39, 0.29) is 11.7 Å². The Hall–Kier alpha value is -2.93. The summed E-state index contributed by atoms with van der Waals surface area (Å²) in [5, 5.41) is 0. The normalized spacial score (nSPS) is 13.9. The van der Waals surface area contributed by atoms with E-state index in [9.17, 15) is 4.79 Å². The predicted molar refractivity (Wildman–Crippen MR) is 94.0 cm³/mol. The van der Waals surface area contributed by atoms with E-state index < -0.39 is 0 Å². The number of benzene rings is 3. The quantitative estimate of drug-likeness (QED) is 0.611. The van der Waals surface area contributed by atoms with Crippen molar-refractivity contribution < 1.29 is 4.79 Å². The zero-order chi connectivity index (χ0) is 15.6. The van der Waals surface area contributed by atoms with E-state index in [1.54, 1.807) is 0 Å². The van der Waals surface area contributed by atoms with Gasteiger partial charge in [-0.2, -0.15) is 0 Å². The summed E-state index contributed by atoms with van der Waals surface area (Å²) in [6.07, 6.45) is 0. The molecular weight excluding hydrogens is 280 g/mol. The Morgan fingerprint density at radius 1 is 0.565 bits per heavy atom. The van der Waals surface area contributed by atoms with E-state index >= 15 is 0 Å². The van der Waals surface area contributed by atoms with Crippen LogP contribution in [0, 0.1) is 5.92 Å². The molecule has 0 heterocycles. The lowest BCUT2D eigenvalue weighted by atomic mass is 9.99. The highest BCUT2D eigenvalue weighted by Gasteiger charge is 2.43. The summed E-state index contributed by atoms with van der Waals surface area (Å²) in [6, 6.07) is 30.0. The number of hydrogen-bond acceptors (Lipinski definition) is 1. The number of ketones is 1. The van der Waals surface area contributed by atoms with Gasteiger partial charge in [0, 0.05) is 5.56 Å². The van der Waals surface area contributed by atoms with Gasteiger partial charge in [0.25, 0.3) is 0 Å². The van der Waals surface area contributed by atoms with Gasteiger partial charge >= 0.3 is 0 Å². The van der Waals surface area contributed by atoms with Crippen LogP contribution in [0.3, 0.4) is 0 Å². The molecule has 1 heteroatoms. The van der Waals surface area contributed by atoms with Gasteiger partial charge in [0.05, 0.1) is 5.92 Å². The van der Waals surface area contributed by atoms with Crippen LogP contribution in [0.1, 0.15) is 21.5 Å². The number of Topliss-reactive ketones (excluding diaryl/α,β-unsaturated/α-hetero) is 1. The molecule has 0 bridgehead atoms. The smallest absolute Gasteiger partial charge is 0.174 e. The first-order valence-corrected chi connectivity index (χ1v) is 7.80. The molecule has 0 amide bonds. The maximum Gasteiger partial charge on any atom is 0.174 e. The zero-order valence-corrected chi connectivity index (χ0v) is 12.6. The molecule has 1 nitrogen and oxygen atoms in total. The fourth-order valence-electron chi connectivity index (χ4n) is 3.13. The number of allylic oxidation sites excluding steroid dienone is 2. The van der Waals surface area contributed by atoms with Gasteiger partial charge in [0.15, 0.2) is 5.78 Å². The molecule has 3 aromatic carbocycles. The predicted octanol–water partition coefficient (Wildman–Crippen LogP) is 5.11. The van der Waals surface area contributed by atoms with Crippen LogP contribution in [0.15, 0.2) is 91.0 Å². The van der Waals surface area contributed by atoms with Crippen molar-refractivity contribution in [1.29, 1.82) is 0 Å². The highest BCUT2D eigenvalue weighted by Crippen LogP contribution is 2.54. The first-order chi connectivity index (χ1) is 11.4. The Bertz CT molecular complexity index is 812. The maximum absolute atomic E-state index is 12.9. The van der Waals surface area contributed by atoms with Gasteiger partial charge in [0.2, 0.25) is 0 Å². The molecule has 0 aromatic heterocycles. The van der Waals surface area contributed by atoms with E-state index in [0.29, 0.717) is 0 Å². The van der Waals surface area contributed by atoms with Crippen molar-refractivity contribution in [2.45, 2.75) is 0 Å². The highest BCUT2D eigenvalue weighted by molar-refractivity contribution is 6.27. The number of hydrogen-bond donors (Lipinski definition) is 0. The zero-order valence-electron chi connectivity index (χ0n) is 12.6. The molecule has 0 saturated heterocycles. The summed E-state index contributed by atoms with van der Waals surface area (Å²) in [6.45, 7) is 0. The van der Waals surface area contributed by atoms with Gasteiger partial charge in [-0.1, -0.05) is 91.0 Å². The van der Waals surface area contributed by atoms with E-state index in [1.807, 2.05) is 66.7 Å². The Kier molecular flexibility index (Phi) is 3.39. The van der Waals surface area contributed by atoms with Crippen molar-refractivity contribution in [2.75, 3.05) is 0 Å². The minimum Gasteiger partial charge on any atom is -0.293 e. The first-order valence-electron chi connectivity index (χ1n) is 7.80. The fourth-order valence-corrected chi connectivity index (χ4v) is 3.13. The average Bonchev–Trinajstić information content (AvgIpc) is 3.39. The first kappa shape index (κ1) is 13.7. The summed E-state index contributed by atoms with van der Waals surface area (Å²) < 4.78 is 0. The molecule has 23 heavy (non-hydrogen) atoms. The summed E-state index contributed by atoms with van der Waals surface area (Å²) >= 11 is 0. The van der Waals surface area contributed by atoms with Crippen LogP contribution in [0.5, 0.6) is 0 Å². The monoisotopic (exact) mass is 296 g/mol. The largest absolute Gasteiger partial charge is 0.293 e. The molecule has 1 aliphatic rings. The second kappa shape index (κ2) is 5.69. The Morgan fingerprint density at radius 2 is 0.957 bits per heavy atom. The standard InChI is InChI=1S/C22H16O/c23-22(18-14-8-3-9-15-18)21-19(16-10-4-1-5-11-16)20(21)17-12-6-2-7-13-17/h1-15,21H. The lowest BCUT2D eigenvalue weighted by Gasteiger charge is -2.02. The van der Waals surface area contributed by atoms with Crippen molar-refractivity contribution in [1.82, 2.24) is 0 Å². The molecule has 0 fully saturated rings. The molecule has 0 N–H and O–H groups in total. The van der Waals surface area contributed by atoms with Gasteiger partial charge in [0.1, 0.15) is 0 Å². The number of carbonyl (C=O) groups excluding carboxylic acids is 1. The SMILES string of the molecule is O=C(c1ccccc1)C1C(c2ccccc2)=C1c1ccccc1. The van der Waals surface area contributed by atoms with Crippen LogP contribution in [0.2, 0.25) is 0 Å². The van der Waals surface area contributed by atoms with Crippen molar-refractivity contribution in [3.8, 4) is 0 Å². The molecular formula is C22H16O. The molecule has 0 saturated carbocycles. The van der Waals surface area contributed by atoms with E-state index in [2.05, 4.69) is 24.3 Å². The van der Waals surface area contributed by atoms with Gasteiger partial charge in [-0.05, 0) is 22.3 Å². The lowest BCUT2D eigenvalue weighted by molar-refractivity contribution is 0.0981. The van der Waals surface area contributed by atoms with Crippen LogP contribution in [0.4, 0.5) is 0 Å². The van der Waals surface area contributed by atoms with Crippen molar-refractivity contribution >= 4 is 16.9 Å². The summed E-state index contributed by atoms with van der Waals surface area (Å²) in [7, 11) is 0. The number of rotatable bonds is 4. The highest BCUT2D eigenvalue weighted by atomic mass is 16.1. The maximum atomic E-state index is 12.9. The van der Waals surface area contributed by atoms with Crippen molar-refractivity contribution in [3.63, 3.8) is 0 Å². The van der Waals surface area contributed by atoms with Crippen LogP contribution < -0.4 is 0 Å². The molecule has 3 aromatic rings. The average molecular weight is 296 g/mol. The van der Waals surface area contributed by atoms with Gasteiger partial charge in [-0.25, -0.2) is 0 Å². The molecule has 1 aliphatic carbocycles. The van der Waals surface area contributed by atoms with Crippen LogP contribution in [0.25, 0.3) is 11.1 Å². The van der Waals surface area contributed by atoms with E-state index in [1.165, 1.54) is 0 Å². The Morgan fingerprint density at radius 3 is 1.39 bits per heavy atom. The lowest BCUT2D eigenvalue weighted by Crippen LogP contribution is -2.05. The summed E-state index contributed by atoms with van der Waals surface area (Å²) in [5.41, 5.74) is 5.37. The Labute approximate surface area is 135 Å². The van der Waals surface area contributed by atoms with Crippen LogP contribution in [-0.4, -0.2) is 5.78 Å². The molecule has 4 rings (SSSR count). The van der Waals surface area contributed by atoms with Crippen LogP contribution >= 0.6 is 0 Å². The fraction of sp³-hybridized carbons (Fsp3) is 0.0455. The molecule has 0 unspecified atom stereocenters. The second-order valence-electron chi connectivity index (χ2n) is 5.72. The van der Waals surface area contributed by atoms with Gasteiger partial charge in [-0.15, -0.1) is 0 Å². The van der Waals surface area contributed by atoms with Crippen LogP contribution in [-0.2, 0) is 0 Å². The molecule has 0 aliphatic heterocycles. The third-order valence-corrected chi connectivity index (χ3v) is 4.27. The summed E-state index contributed by atoms with van der Waals surface area (Å²) in [4.78, 5) is 12.9. The molecule has 0 radical (unpaired) electrons. The van der Waals surface area contributed by atoms with Crippen molar-refractivity contribution in [2.24, 2.45) is 5.92 Å². The second-order valence-corrected chi connectivity index (χ2v) is 5.72.